The summed E-state index contributed by atoms with van der Waals surface area (Å²) in [7, 11) is 0. The van der Waals surface area contributed by atoms with Crippen molar-refractivity contribution in [1.29, 1.82) is 0 Å². The van der Waals surface area contributed by atoms with Crippen molar-refractivity contribution >= 4 is 34.5 Å². The van der Waals surface area contributed by atoms with Crippen LogP contribution in [0.25, 0.3) is 0 Å². The Balaban J connectivity index is 2.10. The van der Waals surface area contributed by atoms with Crippen molar-refractivity contribution in [1.82, 2.24) is 5.32 Å². The zero-order chi connectivity index (χ0) is 13.8. The molecule has 0 aromatic heterocycles. The van der Waals surface area contributed by atoms with Gasteiger partial charge in [0.1, 0.15) is 0 Å². The van der Waals surface area contributed by atoms with E-state index < -0.39 is 5.97 Å². The first-order valence-corrected chi connectivity index (χ1v) is 6.87. The average molecular weight is 278 g/mol. The van der Waals surface area contributed by atoms with E-state index in [0.717, 1.165) is 12.8 Å². The van der Waals surface area contributed by atoms with E-state index >= 15 is 0 Å². The van der Waals surface area contributed by atoms with Gasteiger partial charge in [-0.25, -0.2) is 9.79 Å². The molecular formula is C13H14N2O3S. The van der Waals surface area contributed by atoms with E-state index in [9.17, 15) is 9.59 Å². The minimum atomic E-state index is -0.967. The Morgan fingerprint density at radius 2 is 2.11 bits per heavy atom. The van der Waals surface area contributed by atoms with Crippen LogP contribution in [0.5, 0.6) is 0 Å². The first kappa shape index (κ1) is 13.6. The Labute approximate surface area is 115 Å². The van der Waals surface area contributed by atoms with Crippen molar-refractivity contribution in [2.24, 2.45) is 4.99 Å². The van der Waals surface area contributed by atoms with Gasteiger partial charge in [-0.15, -0.1) is 0 Å². The summed E-state index contributed by atoms with van der Waals surface area (Å²) in [5, 5.41) is 12.0. The fourth-order valence-corrected chi connectivity index (χ4v) is 2.81. The molecule has 0 radical (unpaired) electrons. The Morgan fingerprint density at radius 1 is 1.42 bits per heavy atom. The maximum atomic E-state index is 11.6. The number of carboxylic acid groups (broad SMARTS) is 1. The quantitative estimate of drug-likeness (QED) is 0.886. The van der Waals surface area contributed by atoms with Gasteiger partial charge in [-0.05, 0) is 30.7 Å². The van der Waals surface area contributed by atoms with Crippen LogP contribution in [-0.2, 0) is 4.79 Å². The van der Waals surface area contributed by atoms with Gasteiger partial charge in [0, 0.05) is 0 Å². The first-order chi connectivity index (χ1) is 9.10. The molecule has 2 rings (SSSR count). The van der Waals surface area contributed by atoms with E-state index in [-0.39, 0.29) is 16.7 Å². The molecule has 0 bridgehead atoms. The molecule has 1 unspecified atom stereocenters. The van der Waals surface area contributed by atoms with Gasteiger partial charge in [0.15, 0.2) is 5.17 Å². The summed E-state index contributed by atoms with van der Waals surface area (Å²) in [4.78, 5) is 26.6. The van der Waals surface area contributed by atoms with Crippen LogP contribution >= 0.6 is 11.8 Å². The van der Waals surface area contributed by atoms with Crippen LogP contribution in [0.3, 0.4) is 0 Å². The maximum Gasteiger partial charge on any atom is 0.335 e. The van der Waals surface area contributed by atoms with Gasteiger partial charge in [-0.1, -0.05) is 25.1 Å². The number of hydrogen-bond donors (Lipinski definition) is 2. The van der Waals surface area contributed by atoms with Gasteiger partial charge in [-0.2, -0.15) is 0 Å². The SMILES string of the molecule is CCCC1SC(=Nc2ccc(C(=O)O)cc2)NC1=O. The highest BCUT2D eigenvalue weighted by molar-refractivity contribution is 8.15. The summed E-state index contributed by atoms with van der Waals surface area (Å²) in [6.45, 7) is 2.04. The molecule has 0 aliphatic carbocycles. The minimum Gasteiger partial charge on any atom is -0.478 e. The average Bonchev–Trinajstić information content (AvgIpc) is 2.71. The second kappa shape index (κ2) is 5.88. The normalized spacial score (nSPS) is 20.6. The van der Waals surface area contributed by atoms with Gasteiger partial charge in [0.25, 0.3) is 0 Å². The predicted molar refractivity (Wildman–Crippen MR) is 74.9 cm³/mol. The molecule has 0 saturated carbocycles. The third-order valence-electron chi connectivity index (χ3n) is 2.67. The molecule has 1 aromatic rings. The van der Waals surface area contributed by atoms with Crippen LogP contribution in [0.1, 0.15) is 30.1 Å². The molecule has 1 fully saturated rings. The summed E-state index contributed by atoms with van der Waals surface area (Å²) < 4.78 is 0. The van der Waals surface area contributed by atoms with Crippen LogP contribution in [0, 0.1) is 0 Å². The molecule has 1 atom stereocenters. The highest BCUT2D eigenvalue weighted by atomic mass is 32.2. The highest BCUT2D eigenvalue weighted by Gasteiger charge is 2.29. The number of benzene rings is 1. The zero-order valence-corrected chi connectivity index (χ0v) is 11.2. The number of hydrogen-bond acceptors (Lipinski definition) is 4. The molecule has 1 saturated heterocycles. The summed E-state index contributed by atoms with van der Waals surface area (Å²) in [5.74, 6) is -0.974. The molecule has 5 nitrogen and oxygen atoms in total. The van der Waals surface area contributed by atoms with E-state index in [1.165, 1.54) is 23.9 Å². The molecule has 6 heteroatoms. The lowest BCUT2D eigenvalue weighted by molar-refractivity contribution is -0.118. The van der Waals surface area contributed by atoms with Crippen LogP contribution in [0.2, 0.25) is 0 Å². The van der Waals surface area contributed by atoms with Gasteiger partial charge in [0.2, 0.25) is 5.91 Å². The molecule has 2 N–H and O–H groups in total. The van der Waals surface area contributed by atoms with Crippen LogP contribution in [0.15, 0.2) is 29.3 Å². The van der Waals surface area contributed by atoms with Gasteiger partial charge >= 0.3 is 5.97 Å². The monoisotopic (exact) mass is 278 g/mol. The van der Waals surface area contributed by atoms with E-state index in [4.69, 9.17) is 5.11 Å². The van der Waals surface area contributed by atoms with Crippen molar-refractivity contribution in [2.45, 2.75) is 25.0 Å². The Bertz CT molecular complexity index is 525. The fraction of sp³-hybridized carbons (Fsp3) is 0.308. The second-order valence-electron chi connectivity index (χ2n) is 4.15. The lowest BCUT2D eigenvalue weighted by atomic mass is 10.2. The van der Waals surface area contributed by atoms with E-state index in [1.54, 1.807) is 12.1 Å². The topological polar surface area (TPSA) is 78.8 Å². The zero-order valence-electron chi connectivity index (χ0n) is 10.4. The molecule has 1 amide bonds. The number of carbonyl (C=O) groups is 2. The minimum absolute atomic E-state index is 0.00671. The fourth-order valence-electron chi connectivity index (χ4n) is 1.71. The number of nitrogens with one attached hydrogen (secondary N) is 1. The van der Waals surface area contributed by atoms with E-state index in [1.807, 2.05) is 6.92 Å². The van der Waals surface area contributed by atoms with E-state index in [0.29, 0.717) is 10.9 Å². The van der Waals surface area contributed by atoms with Gasteiger partial charge in [0.05, 0.1) is 16.5 Å². The molecule has 100 valence electrons. The first-order valence-electron chi connectivity index (χ1n) is 5.99. The molecule has 1 heterocycles. The van der Waals surface area contributed by atoms with Gasteiger partial charge in [-0.3, -0.25) is 4.79 Å². The molecule has 0 spiro atoms. The summed E-state index contributed by atoms with van der Waals surface area (Å²) >= 11 is 1.42. The lowest BCUT2D eigenvalue weighted by Crippen LogP contribution is -2.24. The van der Waals surface area contributed by atoms with Crippen LogP contribution in [-0.4, -0.2) is 27.4 Å². The number of thioether (sulfide) groups is 1. The Hall–Kier alpha value is -1.82. The van der Waals surface area contributed by atoms with Crippen molar-refractivity contribution < 1.29 is 14.7 Å². The smallest absolute Gasteiger partial charge is 0.335 e. The van der Waals surface area contributed by atoms with Crippen molar-refractivity contribution in [3.8, 4) is 0 Å². The van der Waals surface area contributed by atoms with E-state index in [2.05, 4.69) is 10.3 Å². The van der Waals surface area contributed by atoms with Crippen LogP contribution in [0.4, 0.5) is 5.69 Å². The number of nitrogens with zero attached hydrogens (tertiary/aromatic N) is 1. The van der Waals surface area contributed by atoms with Crippen molar-refractivity contribution in [2.75, 3.05) is 0 Å². The molecule has 1 aromatic carbocycles. The number of aromatic carboxylic acids is 1. The lowest BCUT2D eigenvalue weighted by Gasteiger charge is -2.00. The Morgan fingerprint density at radius 3 is 2.68 bits per heavy atom. The number of amidine groups is 1. The largest absolute Gasteiger partial charge is 0.478 e. The molecule has 19 heavy (non-hydrogen) atoms. The van der Waals surface area contributed by atoms with Crippen molar-refractivity contribution in [3.05, 3.63) is 29.8 Å². The number of aliphatic imine (C=N–C) groups is 1. The maximum absolute atomic E-state index is 11.6. The molecular weight excluding hydrogens is 264 g/mol. The third kappa shape index (κ3) is 3.35. The van der Waals surface area contributed by atoms with Crippen LogP contribution < -0.4 is 5.32 Å². The molecule has 1 aliphatic heterocycles. The summed E-state index contributed by atoms with van der Waals surface area (Å²) in [6, 6.07) is 6.23. The summed E-state index contributed by atoms with van der Waals surface area (Å²) in [6.07, 6.45) is 1.78. The number of rotatable bonds is 4. The number of carboxylic acids is 1. The molecule has 1 aliphatic rings. The third-order valence-corrected chi connectivity index (χ3v) is 3.82. The predicted octanol–water partition coefficient (Wildman–Crippen LogP) is 2.40. The van der Waals surface area contributed by atoms with Crippen molar-refractivity contribution in [3.63, 3.8) is 0 Å². The standard InChI is InChI=1S/C13H14N2O3S/c1-2-3-10-11(16)15-13(19-10)14-9-6-4-8(5-7-9)12(17)18/h4-7,10H,2-3H2,1H3,(H,17,18)(H,14,15,16). The van der Waals surface area contributed by atoms with Gasteiger partial charge < -0.3 is 10.4 Å². The highest BCUT2D eigenvalue weighted by Crippen LogP contribution is 2.25. The summed E-state index contributed by atoms with van der Waals surface area (Å²) in [5.41, 5.74) is 0.848. The number of amides is 1. The second-order valence-corrected chi connectivity index (χ2v) is 5.34. The number of carbonyl (C=O) groups excluding carboxylic acids is 1. The Kier molecular flexibility index (Phi) is 4.21.